The number of anilines is 3. The van der Waals surface area contributed by atoms with Crippen LogP contribution in [-0.2, 0) is 31.1 Å². The molecule has 15 nitrogen and oxygen atoms in total. The number of fused-ring (bicyclic) bond motifs is 1. The van der Waals surface area contributed by atoms with Gasteiger partial charge in [-0.1, -0.05) is 28.1 Å². The monoisotopic (exact) mass is 1010 g/mol. The van der Waals surface area contributed by atoms with Crippen LogP contribution in [0, 0.1) is 35.3 Å². The third kappa shape index (κ3) is 11.4. The molecular weight excluding hydrogens is 953 g/mol. The molecule has 0 spiro atoms. The zero-order valence-electron chi connectivity index (χ0n) is 39.2. The molecule has 0 radical (unpaired) electrons. The number of likely N-dealkylation sites (tertiary alicyclic amines) is 3. The quantitative estimate of drug-likeness (QED) is 0.0937. The number of imide groups is 1. The largest absolute Gasteiger partial charge is 0.372 e. The van der Waals surface area contributed by atoms with Gasteiger partial charge in [0.1, 0.15) is 11.3 Å². The number of rotatable bonds is 13. The highest BCUT2D eigenvalue weighted by Gasteiger charge is 2.34. The molecule has 5 aliphatic rings. The summed E-state index contributed by atoms with van der Waals surface area (Å²) in [7, 11) is 1.66. The molecule has 0 bridgehead atoms. The second-order valence-electron chi connectivity index (χ2n) is 19.7. The van der Waals surface area contributed by atoms with E-state index in [4.69, 9.17) is 4.84 Å². The average Bonchev–Trinajstić information content (AvgIpc) is 3.74. The zero-order valence-corrected chi connectivity index (χ0v) is 40.8. The first-order valence-corrected chi connectivity index (χ1v) is 25.4. The Hall–Kier alpha value is -5.46. The van der Waals surface area contributed by atoms with Crippen molar-refractivity contribution in [1.29, 1.82) is 0 Å². The van der Waals surface area contributed by atoms with Crippen LogP contribution in [0.3, 0.4) is 0 Å². The summed E-state index contributed by atoms with van der Waals surface area (Å²) in [6.07, 6.45) is 11.6. The van der Waals surface area contributed by atoms with E-state index in [0.717, 1.165) is 63.6 Å². The van der Waals surface area contributed by atoms with E-state index in [1.54, 1.807) is 22.6 Å². The number of hydrogen-bond acceptors (Lipinski definition) is 10. The lowest BCUT2D eigenvalue weighted by molar-refractivity contribution is -0.144. The standard InChI is InChI=1S/C51H62BrF2N9O6/c1-59-31-55-48-43(59)28-40(47(46(48)54)56-42-8-4-37(52)27-41(42)53)50(67)58-69-30-45(65)62-24-16-36(17-25-62)51(68)63-22-12-33(13-23-63)26-32-10-18-60(19-11-32)29-34-14-20-61(21-15-34)38-5-2-35(3-6-38)39-7-9-44(64)57-49(39)66/h2-6,8,27-28,31-34,36,39,56H,7,9-26,29-30H2,1H3,(H,58,67)(H,57,64,66). The number of nitrogens with one attached hydrogen (secondary N) is 3. The van der Waals surface area contributed by atoms with Gasteiger partial charge in [-0.05, 0) is 137 Å². The van der Waals surface area contributed by atoms with E-state index in [0.29, 0.717) is 60.6 Å². The molecule has 5 fully saturated rings. The summed E-state index contributed by atoms with van der Waals surface area (Å²) < 4.78 is 32.5. The Morgan fingerprint density at radius 3 is 2.16 bits per heavy atom. The van der Waals surface area contributed by atoms with E-state index in [2.05, 4.69) is 59.0 Å². The van der Waals surface area contributed by atoms with Crippen LogP contribution in [0.25, 0.3) is 11.0 Å². The molecule has 9 rings (SSSR count). The van der Waals surface area contributed by atoms with Gasteiger partial charge in [-0.15, -0.1) is 0 Å². The molecule has 3 aromatic carbocycles. The van der Waals surface area contributed by atoms with Gasteiger partial charge in [-0.25, -0.2) is 19.2 Å². The number of hydrogen-bond donors (Lipinski definition) is 3. The van der Waals surface area contributed by atoms with E-state index >= 15 is 4.39 Å². The minimum Gasteiger partial charge on any atom is -0.372 e. The molecule has 0 aliphatic carbocycles. The molecule has 18 heteroatoms. The van der Waals surface area contributed by atoms with Gasteiger partial charge in [0, 0.05) is 75.4 Å². The fourth-order valence-electron chi connectivity index (χ4n) is 11.1. The number of imidazole rings is 1. The second kappa shape index (κ2) is 21.7. The Balaban J connectivity index is 0.651. The Bertz CT molecular complexity index is 2530. The molecule has 6 heterocycles. The molecule has 368 valence electrons. The van der Waals surface area contributed by atoms with E-state index in [1.165, 1.54) is 68.9 Å². The van der Waals surface area contributed by atoms with Crippen molar-refractivity contribution >= 4 is 73.6 Å². The summed E-state index contributed by atoms with van der Waals surface area (Å²) in [6, 6.07) is 14.0. The number of aryl methyl sites for hydroxylation is 1. The van der Waals surface area contributed by atoms with Crippen molar-refractivity contribution in [2.45, 2.75) is 76.5 Å². The number of piperidine rings is 5. The van der Waals surface area contributed by atoms with Crippen molar-refractivity contribution in [3.05, 3.63) is 82.1 Å². The number of aromatic nitrogens is 2. The second-order valence-corrected chi connectivity index (χ2v) is 20.7. The fraction of sp³-hybridized carbons (Fsp3) is 0.529. The number of halogens is 3. The number of amides is 5. The van der Waals surface area contributed by atoms with Gasteiger partial charge in [-0.3, -0.25) is 34.1 Å². The summed E-state index contributed by atoms with van der Waals surface area (Å²) in [5.74, 6) is -1.19. The van der Waals surface area contributed by atoms with Crippen LogP contribution in [0.4, 0.5) is 25.8 Å². The maximum absolute atomic E-state index is 15.8. The van der Waals surface area contributed by atoms with Crippen LogP contribution in [0.2, 0.25) is 0 Å². The van der Waals surface area contributed by atoms with Crippen LogP contribution in [0.15, 0.2) is 59.3 Å². The molecule has 3 N–H and O–H groups in total. The predicted molar refractivity (Wildman–Crippen MR) is 260 cm³/mol. The lowest BCUT2D eigenvalue weighted by Crippen LogP contribution is -2.47. The molecular formula is C51H62BrF2N9O6. The van der Waals surface area contributed by atoms with Gasteiger partial charge in [0.2, 0.25) is 17.7 Å². The molecule has 5 amide bonds. The highest BCUT2D eigenvalue weighted by Crippen LogP contribution is 2.35. The maximum atomic E-state index is 15.8. The topological polar surface area (TPSA) is 161 Å². The maximum Gasteiger partial charge on any atom is 0.277 e. The van der Waals surface area contributed by atoms with E-state index in [9.17, 15) is 28.4 Å². The normalized spacial score (nSPS) is 20.6. The SMILES string of the molecule is Cn1cnc2c(F)c(Nc3ccc(Br)cc3F)c(C(=O)NOCC(=O)N3CCC(C(=O)N4CCC(CC5CCN(CC6CCN(c7ccc(C8CCC(=O)NC8=O)cc7)CC6)CC5)CC4)CC3)cc21. The summed E-state index contributed by atoms with van der Waals surface area (Å²) in [5, 5.41) is 5.16. The number of hydroxylamine groups is 1. The summed E-state index contributed by atoms with van der Waals surface area (Å²) in [5.41, 5.74) is 4.24. The molecule has 1 unspecified atom stereocenters. The summed E-state index contributed by atoms with van der Waals surface area (Å²) in [6.45, 7) is 7.48. The third-order valence-corrected chi connectivity index (χ3v) is 15.8. The van der Waals surface area contributed by atoms with Crippen LogP contribution in [0.5, 0.6) is 0 Å². The van der Waals surface area contributed by atoms with E-state index < -0.39 is 24.1 Å². The molecule has 5 saturated heterocycles. The molecule has 0 saturated carbocycles. The first-order valence-electron chi connectivity index (χ1n) is 24.6. The lowest BCUT2D eigenvalue weighted by atomic mass is 9.82. The third-order valence-electron chi connectivity index (χ3n) is 15.3. The van der Waals surface area contributed by atoms with Crippen LogP contribution in [0.1, 0.15) is 92.5 Å². The van der Waals surface area contributed by atoms with Crippen LogP contribution in [-0.4, -0.2) is 119 Å². The van der Waals surface area contributed by atoms with Crippen molar-refractivity contribution < 1.29 is 37.6 Å². The molecule has 1 aromatic heterocycles. The van der Waals surface area contributed by atoms with Crippen LogP contribution < -0.4 is 21.0 Å². The Kier molecular flexibility index (Phi) is 15.3. The highest BCUT2D eigenvalue weighted by atomic mass is 79.9. The predicted octanol–water partition coefficient (Wildman–Crippen LogP) is 7.04. The van der Waals surface area contributed by atoms with Gasteiger partial charge < -0.3 is 29.5 Å². The molecule has 5 aliphatic heterocycles. The van der Waals surface area contributed by atoms with E-state index in [-0.39, 0.29) is 57.9 Å². The van der Waals surface area contributed by atoms with Gasteiger partial charge in [0.15, 0.2) is 12.4 Å². The van der Waals surface area contributed by atoms with Crippen molar-refractivity contribution in [1.82, 2.24) is 35.0 Å². The van der Waals surface area contributed by atoms with Gasteiger partial charge in [0.05, 0.1) is 34.7 Å². The van der Waals surface area contributed by atoms with Crippen molar-refractivity contribution in [3.63, 3.8) is 0 Å². The highest BCUT2D eigenvalue weighted by molar-refractivity contribution is 9.10. The molecule has 1 atom stereocenters. The Labute approximate surface area is 409 Å². The lowest BCUT2D eigenvalue weighted by Gasteiger charge is -2.40. The fourth-order valence-corrected chi connectivity index (χ4v) is 11.5. The smallest absolute Gasteiger partial charge is 0.277 e. The number of carbonyl (C=O) groups excluding carboxylic acids is 5. The van der Waals surface area contributed by atoms with Crippen molar-refractivity contribution in [2.75, 3.05) is 75.7 Å². The van der Waals surface area contributed by atoms with E-state index in [1.807, 2.05) is 17.0 Å². The molecule has 4 aromatic rings. The Morgan fingerprint density at radius 1 is 0.812 bits per heavy atom. The minimum absolute atomic E-state index is 0.00364. The molecule has 69 heavy (non-hydrogen) atoms. The first kappa shape index (κ1) is 48.6. The van der Waals surface area contributed by atoms with Gasteiger partial charge in [0.25, 0.3) is 11.8 Å². The minimum atomic E-state index is -0.845. The number of carbonyl (C=O) groups is 5. The number of benzene rings is 3. The zero-order chi connectivity index (χ0) is 48.2. The first-order chi connectivity index (χ1) is 33.4. The van der Waals surface area contributed by atoms with Gasteiger partial charge in [-0.2, -0.15) is 0 Å². The van der Waals surface area contributed by atoms with Crippen LogP contribution >= 0.6 is 15.9 Å². The van der Waals surface area contributed by atoms with Crippen molar-refractivity contribution in [3.8, 4) is 0 Å². The Morgan fingerprint density at radius 2 is 1.48 bits per heavy atom. The van der Waals surface area contributed by atoms with Crippen molar-refractivity contribution in [2.24, 2.45) is 30.7 Å². The number of nitrogens with zero attached hydrogens (tertiary/aromatic N) is 6. The summed E-state index contributed by atoms with van der Waals surface area (Å²) >= 11 is 3.21. The average molecular weight is 1020 g/mol. The summed E-state index contributed by atoms with van der Waals surface area (Å²) in [4.78, 5) is 82.2. The van der Waals surface area contributed by atoms with Gasteiger partial charge >= 0.3 is 0 Å².